The van der Waals surface area contributed by atoms with Crippen LogP contribution in [0.1, 0.15) is 11.5 Å². The van der Waals surface area contributed by atoms with E-state index in [4.69, 9.17) is 14.7 Å². The Kier molecular flexibility index (Phi) is 5.36. The number of alkyl halides is 1. The van der Waals surface area contributed by atoms with Crippen molar-refractivity contribution in [2.45, 2.75) is 30.1 Å². The first-order valence-electron chi connectivity index (χ1n) is 4.74. The van der Waals surface area contributed by atoms with Crippen LogP contribution in [0.15, 0.2) is 10.6 Å². The molecule has 0 saturated heterocycles. The summed E-state index contributed by atoms with van der Waals surface area (Å²) in [4.78, 5) is 0. The molecule has 0 spiro atoms. The van der Waals surface area contributed by atoms with Crippen LogP contribution in [-0.4, -0.2) is 50.5 Å². The third-order valence-corrected chi connectivity index (χ3v) is 2.69. The summed E-state index contributed by atoms with van der Waals surface area (Å²) in [7, 11) is 0. The zero-order chi connectivity index (χ0) is 12.1. The van der Waals surface area contributed by atoms with Crippen molar-refractivity contribution in [2.75, 3.05) is 6.61 Å². The number of aliphatic hydroxyl groups excluding tert-OH is 4. The maximum atomic E-state index is 9.54. The largest absolute Gasteiger partial charge is 0.394 e. The van der Waals surface area contributed by atoms with E-state index in [-0.39, 0.29) is 6.42 Å². The van der Waals surface area contributed by atoms with Crippen LogP contribution >= 0.6 is 15.9 Å². The molecule has 3 atom stereocenters. The van der Waals surface area contributed by atoms with Crippen molar-refractivity contribution >= 4 is 15.9 Å². The molecule has 0 unspecified atom stereocenters. The van der Waals surface area contributed by atoms with Crippen molar-refractivity contribution in [3.8, 4) is 0 Å². The number of hydrogen-bond donors (Lipinski definition) is 4. The van der Waals surface area contributed by atoms with Gasteiger partial charge in [0, 0.05) is 12.5 Å². The van der Waals surface area contributed by atoms with Crippen LogP contribution in [0.25, 0.3) is 0 Å². The van der Waals surface area contributed by atoms with Gasteiger partial charge in [0.05, 0.1) is 23.7 Å². The lowest BCUT2D eigenvalue weighted by Crippen LogP contribution is -2.40. The number of halogens is 1. The molecule has 1 aromatic rings. The molecule has 0 bridgehead atoms. The molecule has 0 aromatic carbocycles. The van der Waals surface area contributed by atoms with Gasteiger partial charge in [-0.05, 0) is 0 Å². The Hall–Kier alpha value is -0.470. The van der Waals surface area contributed by atoms with Crippen molar-refractivity contribution in [2.24, 2.45) is 0 Å². The molecule has 6 nitrogen and oxygen atoms in total. The monoisotopic (exact) mass is 295 g/mol. The van der Waals surface area contributed by atoms with Gasteiger partial charge in [-0.15, -0.1) is 0 Å². The van der Waals surface area contributed by atoms with Crippen LogP contribution < -0.4 is 0 Å². The lowest BCUT2D eigenvalue weighted by atomic mass is 10.0. The minimum absolute atomic E-state index is 0.0503. The number of aromatic nitrogens is 1. The molecular weight excluding hydrogens is 282 g/mol. The Balaban J connectivity index is 2.53. The predicted molar refractivity (Wildman–Crippen MR) is 57.9 cm³/mol. The van der Waals surface area contributed by atoms with Gasteiger partial charge in [-0.2, -0.15) is 0 Å². The van der Waals surface area contributed by atoms with Crippen LogP contribution in [0, 0.1) is 0 Å². The number of rotatable bonds is 6. The Morgan fingerprint density at radius 3 is 2.50 bits per heavy atom. The average Bonchev–Trinajstić information content (AvgIpc) is 2.74. The van der Waals surface area contributed by atoms with Crippen molar-refractivity contribution in [1.82, 2.24) is 5.16 Å². The highest BCUT2D eigenvalue weighted by Gasteiger charge is 2.25. The normalized spacial score (nSPS) is 17.1. The van der Waals surface area contributed by atoms with E-state index in [1.807, 2.05) is 0 Å². The Morgan fingerprint density at radius 2 is 2.00 bits per heavy atom. The first kappa shape index (κ1) is 13.6. The summed E-state index contributed by atoms with van der Waals surface area (Å²) in [5, 5.41) is 40.8. The second-order valence-electron chi connectivity index (χ2n) is 3.43. The Bertz CT molecular complexity index is 319. The molecule has 7 heteroatoms. The van der Waals surface area contributed by atoms with E-state index in [2.05, 4.69) is 21.1 Å². The molecule has 4 N–H and O–H groups in total. The molecule has 0 saturated carbocycles. The summed E-state index contributed by atoms with van der Waals surface area (Å²) in [6.07, 6.45) is -3.92. The quantitative estimate of drug-likeness (QED) is 0.511. The van der Waals surface area contributed by atoms with E-state index >= 15 is 0 Å². The lowest BCUT2D eigenvalue weighted by molar-refractivity contribution is -0.0759. The fourth-order valence-electron chi connectivity index (χ4n) is 1.21. The molecule has 0 fully saturated rings. The summed E-state index contributed by atoms with van der Waals surface area (Å²) in [5.41, 5.74) is 0.478. The fraction of sp³-hybridized carbons (Fsp3) is 0.667. The molecule has 1 aromatic heterocycles. The van der Waals surface area contributed by atoms with Gasteiger partial charge in [0.1, 0.15) is 18.0 Å². The van der Waals surface area contributed by atoms with Gasteiger partial charge in [0.2, 0.25) is 0 Å². The molecule has 92 valence electrons. The number of aliphatic hydroxyl groups is 4. The third kappa shape index (κ3) is 3.53. The zero-order valence-corrected chi connectivity index (χ0v) is 10.0. The standard InChI is InChI=1S/C9H14BrNO5/c10-3-6-1-5(11-16-6)2-7(13)9(15)8(14)4-12/h1,7-9,12-15H,2-4H2/t7-,8-,9+/m1/s1. The number of hydrogen-bond acceptors (Lipinski definition) is 6. The first-order valence-corrected chi connectivity index (χ1v) is 5.86. The SMILES string of the molecule is OC[C@@H](O)[C@@H](O)[C@H](O)Cc1cc(CBr)on1. The predicted octanol–water partition coefficient (Wildman–Crippen LogP) is -0.813. The van der Waals surface area contributed by atoms with Crippen LogP contribution in [-0.2, 0) is 11.8 Å². The zero-order valence-electron chi connectivity index (χ0n) is 8.45. The van der Waals surface area contributed by atoms with Gasteiger partial charge < -0.3 is 24.9 Å². The van der Waals surface area contributed by atoms with E-state index in [1.165, 1.54) is 0 Å². The minimum Gasteiger partial charge on any atom is -0.394 e. The van der Waals surface area contributed by atoms with Gasteiger partial charge >= 0.3 is 0 Å². The molecule has 0 aliphatic carbocycles. The summed E-state index contributed by atoms with van der Waals surface area (Å²) >= 11 is 3.18. The van der Waals surface area contributed by atoms with E-state index in [0.717, 1.165) is 0 Å². The van der Waals surface area contributed by atoms with Crippen molar-refractivity contribution < 1.29 is 24.9 Å². The molecule has 1 rings (SSSR count). The molecular formula is C9H14BrNO5. The summed E-state index contributed by atoms with van der Waals surface area (Å²) in [6, 6.07) is 1.63. The van der Waals surface area contributed by atoms with E-state index in [1.54, 1.807) is 6.07 Å². The van der Waals surface area contributed by atoms with Crippen LogP contribution in [0.3, 0.4) is 0 Å². The van der Waals surface area contributed by atoms with Gasteiger partial charge in [0.15, 0.2) is 0 Å². The van der Waals surface area contributed by atoms with Gasteiger partial charge in [-0.25, -0.2) is 0 Å². The molecule has 0 aliphatic heterocycles. The maximum Gasteiger partial charge on any atom is 0.147 e. The fourth-order valence-corrected chi connectivity index (χ4v) is 1.48. The van der Waals surface area contributed by atoms with E-state index in [9.17, 15) is 10.2 Å². The van der Waals surface area contributed by atoms with Gasteiger partial charge in [0.25, 0.3) is 0 Å². The Labute approximate surface area is 101 Å². The first-order chi connectivity index (χ1) is 7.58. The summed E-state index contributed by atoms with van der Waals surface area (Å²) in [5.74, 6) is 0.611. The molecule has 0 amide bonds. The van der Waals surface area contributed by atoms with Crippen molar-refractivity contribution in [1.29, 1.82) is 0 Å². The van der Waals surface area contributed by atoms with Gasteiger partial charge in [-0.3, -0.25) is 0 Å². The minimum atomic E-state index is -1.41. The topological polar surface area (TPSA) is 107 Å². The third-order valence-electron chi connectivity index (χ3n) is 2.13. The maximum absolute atomic E-state index is 9.54. The van der Waals surface area contributed by atoms with Crippen LogP contribution in [0.2, 0.25) is 0 Å². The molecule has 1 heterocycles. The van der Waals surface area contributed by atoms with Gasteiger partial charge in [-0.1, -0.05) is 21.1 Å². The van der Waals surface area contributed by atoms with Crippen molar-refractivity contribution in [3.05, 3.63) is 17.5 Å². The summed E-state index contributed by atoms with van der Waals surface area (Å²) < 4.78 is 4.88. The highest BCUT2D eigenvalue weighted by molar-refractivity contribution is 9.08. The second kappa shape index (κ2) is 6.31. The molecule has 0 aliphatic rings. The van der Waals surface area contributed by atoms with Crippen LogP contribution in [0.5, 0.6) is 0 Å². The highest BCUT2D eigenvalue weighted by Crippen LogP contribution is 2.11. The smallest absolute Gasteiger partial charge is 0.147 e. The lowest BCUT2D eigenvalue weighted by Gasteiger charge is -2.20. The molecule has 0 radical (unpaired) electrons. The average molecular weight is 296 g/mol. The number of nitrogens with zero attached hydrogens (tertiary/aromatic N) is 1. The molecule has 16 heavy (non-hydrogen) atoms. The van der Waals surface area contributed by atoms with Crippen molar-refractivity contribution in [3.63, 3.8) is 0 Å². The van der Waals surface area contributed by atoms with E-state index in [0.29, 0.717) is 16.8 Å². The second-order valence-corrected chi connectivity index (χ2v) is 3.99. The van der Waals surface area contributed by atoms with E-state index < -0.39 is 24.9 Å². The highest BCUT2D eigenvalue weighted by atomic mass is 79.9. The summed E-state index contributed by atoms with van der Waals surface area (Å²) in [6.45, 7) is -0.607. The van der Waals surface area contributed by atoms with Crippen LogP contribution in [0.4, 0.5) is 0 Å². The Morgan fingerprint density at radius 1 is 1.31 bits per heavy atom.